The number of amides is 1. The zero-order valence-electron chi connectivity index (χ0n) is 13.6. The normalized spacial score (nSPS) is 12.5. The van der Waals surface area contributed by atoms with Crippen LogP contribution < -0.4 is 14.8 Å². The molecule has 0 radical (unpaired) electrons. The molecule has 0 bridgehead atoms. The number of sulfonamides is 1. The van der Waals surface area contributed by atoms with Gasteiger partial charge in [-0.3, -0.25) is 9.78 Å². The summed E-state index contributed by atoms with van der Waals surface area (Å²) in [5.41, 5.74) is 0.965. The van der Waals surface area contributed by atoms with Crippen LogP contribution >= 0.6 is 0 Å². The maximum Gasteiger partial charge on any atom is 0.244 e. The van der Waals surface area contributed by atoms with Crippen LogP contribution in [-0.4, -0.2) is 26.4 Å². The molecule has 1 heterocycles. The first kappa shape index (κ1) is 17.9. The van der Waals surface area contributed by atoms with Gasteiger partial charge in [0, 0.05) is 18.8 Å². The summed E-state index contributed by atoms with van der Waals surface area (Å²) < 4.78 is 33.1. The summed E-state index contributed by atoms with van der Waals surface area (Å²) in [7, 11) is -2.49. The first-order valence-corrected chi connectivity index (χ1v) is 8.70. The van der Waals surface area contributed by atoms with E-state index in [-0.39, 0.29) is 16.6 Å². The van der Waals surface area contributed by atoms with Crippen molar-refractivity contribution in [2.75, 3.05) is 12.4 Å². The van der Waals surface area contributed by atoms with E-state index in [0.29, 0.717) is 11.4 Å². The fraction of sp³-hybridized carbons (Fsp3) is 0.250. The third-order valence-corrected chi connectivity index (χ3v) is 4.80. The van der Waals surface area contributed by atoms with Crippen molar-refractivity contribution in [3.63, 3.8) is 0 Å². The second kappa shape index (κ2) is 7.41. The molecular formula is C16H19N3O4S. The zero-order chi connectivity index (χ0) is 17.7. The van der Waals surface area contributed by atoms with E-state index in [1.807, 2.05) is 0 Å². The van der Waals surface area contributed by atoms with Crippen molar-refractivity contribution in [1.29, 1.82) is 0 Å². The zero-order valence-corrected chi connectivity index (χ0v) is 14.4. The Bertz CT molecular complexity index is 822. The second-order valence-corrected chi connectivity index (χ2v) is 6.83. The van der Waals surface area contributed by atoms with Crippen LogP contribution in [0.4, 0.5) is 5.69 Å². The van der Waals surface area contributed by atoms with Crippen LogP contribution in [0.1, 0.15) is 25.6 Å². The Morgan fingerprint density at radius 3 is 2.58 bits per heavy atom. The Kier molecular flexibility index (Phi) is 5.53. The number of pyridine rings is 1. The highest BCUT2D eigenvalue weighted by atomic mass is 32.2. The molecule has 2 aromatic rings. The van der Waals surface area contributed by atoms with Crippen LogP contribution in [-0.2, 0) is 14.8 Å². The van der Waals surface area contributed by atoms with Gasteiger partial charge in [0.05, 0.1) is 18.8 Å². The van der Waals surface area contributed by atoms with Crippen molar-refractivity contribution >= 4 is 21.6 Å². The van der Waals surface area contributed by atoms with Crippen molar-refractivity contribution in [3.8, 4) is 5.75 Å². The highest BCUT2D eigenvalue weighted by Gasteiger charge is 2.23. The van der Waals surface area contributed by atoms with Crippen LogP contribution in [0.5, 0.6) is 5.75 Å². The number of carbonyl (C=O) groups excluding carboxylic acids is 1. The Labute approximate surface area is 141 Å². The first-order chi connectivity index (χ1) is 11.3. The molecule has 1 amide bonds. The Balaban J connectivity index is 2.35. The minimum absolute atomic E-state index is 0.0565. The van der Waals surface area contributed by atoms with E-state index in [0.717, 1.165) is 0 Å². The molecule has 1 aromatic heterocycles. The predicted octanol–water partition coefficient (Wildman–Crippen LogP) is 2.09. The number of anilines is 1. The lowest BCUT2D eigenvalue weighted by Crippen LogP contribution is -2.28. The fourth-order valence-corrected chi connectivity index (χ4v) is 3.57. The van der Waals surface area contributed by atoms with Gasteiger partial charge in [-0.15, -0.1) is 0 Å². The molecule has 2 N–H and O–H groups in total. The van der Waals surface area contributed by atoms with Crippen LogP contribution in [0, 0.1) is 0 Å². The standard InChI is InChI=1S/C16H19N3O4S/c1-11(14-6-4-5-9-17-14)19-24(21,22)16-10-13(18-12(2)20)7-8-15(16)23-3/h4-11,19H,1-3H3,(H,18,20). The molecule has 0 fully saturated rings. The maximum absolute atomic E-state index is 12.7. The molecule has 7 nitrogen and oxygen atoms in total. The lowest BCUT2D eigenvalue weighted by molar-refractivity contribution is -0.114. The number of ether oxygens (including phenoxy) is 1. The Hall–Kier alpha value is -2.45. The number of carbonyl (C=O) groups is 1. The minimum Gasteiger partial charge on any atom is -0.495 e. The van der Waals surface area contributed by atoms with Gasteiger partial charge < -0.3 is 10.1 Å². The molecule has 0 aliphatic rings. The van der Waals surface area contributed by atoms with Gasteiger partial charge in [0.2, 0.25) is 15.9 Å². The predicted molar refractivity (Wildman–Crippen MR) is 90.3 cm³/mol. The van der Waals surface area contributed by atoms with Crippen molar-refractivity contribution in [2.45, 2.75) is 24.8 Å². The van der Waals surface area contributed by atoms with E-state index in [2.05, 4.69) is 15.0 Å². The molecule has 0 saturated carbocycles. The smallest absolute Gasteiger partial charge is 0.244 e. The van der Waals surface area contributed by atoms with E-state index >= 15 is 0 Å². The van der Waals surface area contributed by atoms with Gasteiger partial charge in [0.15, 0.2) is 0 Å². The van der Waals surface area contributed by atoms with Gasteiger partial charge in [-0.1, -0.05) is 6.07 Å². The summed E-state index contributed by atoms with van der Waals surface area (Å²) >= 11 is 0. The van der Waals surface area contributed by atoms with Gasteiger partial charge in [0.25, 0.3) is 0 Å². The number of hydrogen-bond donors (Lipinski definition) is 2. The quantitative estimate of drug-likeness (QED) is 0.832. The van der Waals surface area contributed by atoms with E-state index in [1.54, 1.807) is 37.4 Å². The van der Waals surface area contributed by atoms with Crippen molar-refractivity contribution < 1.29 is 17.9 Å². The molecule has 1 atom stereocenters. The number of nitrogens with one attached hydrogen (secondary N) is 2. The monoisotopic (exact) mass is 349 g/mol. The summed E-state index contributed by atoms with van der Waals surface area (Å²) in [5, 5.41) is 2.55. The Morgan fingerprint density at radius 1 is 1.25 bits per heavy atom. The molecule has 2 rings (SSSR count). The number of rotatable bonds is 6. The highest BCUT2D eigenvalue weighted by Crippen LogP contribution is 2.28. The summed E-state index contributed by atoms with van der Waals surface area (Å²) in [6.45, 7) is 3.05. The Morgan fingerprint density at radius 2 is 2.00 bits per heavy atom. The molecular weight excluding hydrogens is 330 g/mol. The lowest BCUT2D eigenvalue weighted by atomic mass is 10.2. The molecule has 1 unspecified atom stereocenters. The topological polar surface area (TPSA) is 97.4 Å². The largest absolute Gasteiger partial charge is 0.495 e. The summed E-state index contributed by atoms with van der Waals surface area (Å²) in [6.07, 6.45) is 1.60. The van der Waals surface area contributed by atoms with E-state index in [1.165, 1.54) is 26.2 Å². The van der Waals surface area contributed by atoms with Gasteiger partial charge in [-0.05, 0) is 37.3 Å². The maximum atomic E-state index is 12.7. The number of benzene rings is 1. The van der Waals surface area contributed by atoms with E-state index in [4.69, 9.17) is 4.74 Å². The van der Waals surface area contributed by atoms with E-state index < -0.39 is 16.1 Å². The molecule has 8 heteroatoms. The van der Waals surface area contributed by atoms with Crippen LogP contribution in [0.25, 0.3) is 0 Å². The molecule has 24 heavy (non-hydrogen) atoms. The van der Waals surface area contributed by atoms with Crippen LogP contribution in [0.15, 0.2) is 47.5 Å². The number of aromatic nitrogens is 1. The van der Waals surface area contributed by atoms with Crippen molar-refractivity contribution in [3.05, 3.63) is 48.3 Å². The summed E-state index contributed by atoms with van der Waals surface area (Å²) in [5.74, 6) is -0.108. The average Bonchev–Trinajstić information content (AvgIpc) is 2.54. The third-order valence-electron chi connectivity index (χ3n) is 3.24. The third kappa shape index (κ3) is 4.30. The number of methoxy groups -OCH3 is 1. The molecule has 128 valence electrons. The van der Waals surface area contributed by atoms with Crippen LogP contribution in [0.2, 0.25) is 0 Å². The average molecular weight is 349 g/mol. The van der Waals surface area contributed by atoms with Crippen LogP contribution in [0.3, 0.4) is 0 Å². The molecule has 1 aromatic carbocycles. The second-order valence-electron chi connectivity index (χ2n) is 5.14. The van der Waals surface area contributed by atoms with Crippen molar-refractivity contribution in [1.82, 2.24) is 9.71 Å². The summed E-state index contributed by atoms with van der Waals surface area (Å²) in [6, 6.07) is 9.17. The minimum atomic E-state index is -3.88. The summed E-state index contributed by atoms with van der Waals surface area (Å²) in [4.78, 5) is 15.3. The fourth-order valence-electron chi connectivity index (χ4n) is 2.16. The van der Waals surface area contributed by atoms with Gasteiger partial charge in [-0.25, -0.2) is 13.1 Å². The first-order valence-electron chi connectivity index (χ1n) is 7.22. The van der Waals surface area contributed by atoms with Crippen molar-refractivity contribution in [2.24, 2.45) is 0 Å². The molecule has 0 aliphatic heterocycles. The molecule has 0 saturated heterocycles. The number of hydrogen-bond acceptors (Lipinski definition) is 5. The van der Waals surface area contributed by atoms with Gasteiger partial charge in [0.1, 0.15) is 10.6 Å². The molecule has 0 aliphatic carbocycles. The highest BCUT2D eigenvalue weighted by molar-refractivity contribution is 7.89. The lowest BCUT2D eigenvalue weighted by Gasteiger charge is -2.16. The van der Waals surface area contributed by atoms with Gasteiger partial charge >= 0.3 is 0 Å². The van der Waals surface area contributed by atoms with E-state index in [9.17, 15) is 13.2 Å². The van der Waals surface area contributed by atoms with Gasteiger partial charge in [-0.2, -0.15) is 0 Å². The SMILES string of the molecule is COc1ccc(NC(C)=O)cc1S(=O)(=O)NC(C)c1ccccn1. The number of nitrogens with zero attached hydrogens (tertiary/aromatic N) is 1. The molecule has 0 spiro atoms.